The van der Waals surface area contributed by atoms with Crippen molar-refractivity contribution < 1.29 is 27.2 Å². The normalized spacial score (nSPS) is 17.1. The lowest BCUT2D eigenvalue weighted by Gasteiger charge is -2.14. The monoisotopic (exact) mass is 380 g/mol. The van der Waals surface area contributed by atoms with E-state index in [-0.39, 0.29) is 30.3 Å². The third-order valence-corrected chi connectivity index (χ3v) is 4.36. The first-order valence-corrected chi connectivity index (χ1v) is 8.24. The molecule has 1 saturated heterocycles. The average molecular weight is 380 g/mol. The summed E-state index contributed by atoms with van der Waals surface area (Å²) in [6, 6.07) is 9.43. The SMILES string of the molecule is O=C1CC(Cc2ccc(NCc3ccc(F)cc3C(F)(F)F)cc2)C(=O)N1. The second-order valence-corrected chi connectivity index (χ2v) is 6.37. The van der Waals surface area contributed by atoms with Crippen LogP contribution in [0.1, 0.15) is 23.1 Å². The molecule has 1 unspecified atom stereocenters. The van der Waals surface area contributed by atoms with Gasteiger partial charge < -0.3 is 5.32 Å². The largest absolute Gasteiger partial charge is 0.416 e. The zero-order valence-corrected chi connectivity index (χ0v) is 14.1. The second kappa shape index (κ2) is 7.38. The maximum absolute atomic E-state index is 13.1. The van der Waals surface area contributed by atoms with Gasteiger partial charge in [-0.2, -0.15) is 13.2 Å². The van der Waals surface area contributed by atoms with Gasteiger partial charge in [0.1, 0.15) is 5.82 Å². The first-order valence-electron chi connectivity index (χ1n) is 8.24. The van der Waals surface area contributed by atoms with Crippen molar-refractivity contribution in [3.8, 4) is 0 Å². The van der Waals surface area contributed by atoms with Crippen molar-refractivity contribution in [1.29, 1.82) is 0 Å². The summed E-state index contributed by atoms with van der Waals surface area (Å²) >= 11 is 0. The van der Waals surface area contributed by atoms with E-state index in [9.17, 15) is 27.2 Å². The van der Waals surface area contributed by atoms with Crippen LogP contribution in [0.3, 0.4) is 0 Å². The van der Waals surface area contributed by atoms with E-state index in [2.05, 4.69) is 10.6 Å². The van der Waals surface area contributed by atoms with Crippen LogP contribution in [0.25, 0.3) is 0 Å². The Morgan fingerprint density at radius 1 is 1.07 bits per heavy atom. The Balaban J connectivity index is 1.64. The van der Waals surface area contributed by atoms with Crippen LogP contribution in [0.15, 0.2) is 42.5 Å². The molecule has 2 N–H and O–H groups in total. The molecule has 1 fully saturated rings. The number of rotatable bonds is 5. The Hall–Kier alpha value is -2.90. The third kappa shape index (κ3) is 4.64. The van der Waals surface area contributed by atoms with Crippen LogP contribution in [0.5, 0.6) is 0 Å². The first kappa shape index (κ1) is 18.9. The Labute approximate surface area is 152 Å². The van der Waals surface area contributed by atoms with Crippen molar-refractivity contribution in [3.63, 3.8) is 0 Å². The zero-order chi connectivity index (χ0) is 19.6. The molecule has 0 spiro atoms. The summed E-state index contributed by atoms with van der Waals surface area (Å²) < 4.78 is 52.2. The predicted molar refractivity (Wildman–Crippen MR) is 90.1 cm³/mol. The summed E-state index contributed by atoms with van der Waals surface area (Å²) in [6.45, 7) is -0.117. The highest BCUT2D eigenvalue weighted by molar-refractivity contribution is 6.03. The number of nitrogens with one attached hydrogen (secondary N) is 2. The number of hydrogen-bond acceptors (Lipinski definition) is 3. The van der Waals surface area contributed by atoms with Crippen molar-refractivity contribution in [2.75, 3.05) is 5.32 Å². The van der Waals surface area contributed by atoms with Crippen LogP contribution in [0.2, 0.25) is 0 Å². The van der Waals surface area contributed by atoms with Gasteiger partial charge in [-0.05, 0) is 41.8 Å². The van der Waals surface area contributed by atoms with Gasteiger partial charge >= 0.3 is 6.18 Å². The molecule has 27 heavy (non-hydrogen) atoms. The van der Waals surface area contributed by atoms with E-state index >= 15 is 0 Å². The lowest BCUT2D eigenvalue weighted by molar-refractivity contribution is -0.138. The topological polar surface area (TPSA) is 58.2 Å². The van der Waals surface area contributed by atoms with Crippen LogP contribution in [-0.2, 0) is 28.7 Å². The van der Waals surface area contributed by atoms with Crippen molar-refractivity contribution in [2.45, 2.75) is 25.6 Å². The lowest BCUT2D eigenvalue weighted by Crippen LogP contribution is -2.22. The molecule has 0 aliphatic carbocycles. The highest BCUT2D eigenvalue weighted by Gasteiger charge is 2.33. The molecule has 4 nitrogen and oxygen atoms in total. The molecule has 0 radical (unpaired) electrons. The molecule has 0 saturated carbocycles. The van der Waals surface area contributed by atoms with Crippen molar-refractivity contribution >= 4 is 17.5 Å². The minimum absolute atomic E-state index is 0.0610. The van der Waals surface area contributed by atoms with Gasteiger partial charge in [0.2, 0.25) is 11.8 Å². The van der Waals surface area contributed by atoms with E-state index in [0.29, 0.717) is 18.2 Å². The Morgan fingerprint density at radius 3 is 2.37 bits per heavy atom. The van der Waals surface area contributed by atoms with E-state index in [0.717, 1.165) is 17.7 Å². The number of halogens is 4. The van der Waals surface area contributed by atoms with Gasteiger partial charge in [0.25, 0.3) is 0 Å². The number of anilines is 1. The van der Waals surface area contributed by atoms with Crippen molar-refractivity contribution in [2.24, 2.45) is 5.92 Å². The second-order valence-electron chi connectivity index (χ2n) is 6.37. The molecule has 2 amide bonds. The Morgan fingerprint density at radius 2 is 1.78 bits per heavy atom. The summed E-state index contributed by atoms with van der Waals surface area (Å²) in [5.74, 6) is -1.92. The standard InChI is InChI=1S/C19H16F4N2O2/c20-14-4-3-12(16(9-14)19(21,22)23)10-24-15-5-1-11(2-6-15)7-13-8-17(26)25-18(13)27/h1-6,9,13,24H,7-8,10H2,(H,25,26,27). The molecular weight excluding hydrogens is 364 g/mol. The number of carbonyl (C=O) groups excluding carboxylic acids is 2. The van der Waals surface area contributed by atoms with E-state index in [4.69, 9.17) is 0 Å². The summed E-state index contributed by atoms with van der Waals surface area (Å²) in [6.07, 6.45) is -4.07. The highest BCUT2D eigenvalue weighted by Crippen LogP contribution is 2.33. The molecule has 2 aromatic rings. The van der Waals surface area contributed by atoms with E-state index in [1.807, 2.05) is 0 Å². The summed E-state index contributed by atoms with van der Waals surface area (Å²) in [5, 5.41) is 5.12. The molecule has 142 valence electrons. The fraction of sp³-hybridized carbons (Fsp3) is 0.263. The molecule has 1 aliphatic heterocycles. The van der Waals surface area contributed by atoms with Crippen LogP contribution in [0, 0.1) is 11.7 Å². The van der Waals surface area contributed by atoms with Crippen molar-refractivity contribution in [1.82, 2.24) is 5.32 Å². The molecule has 8 heteroatoms. The smallest absolute Gasteiger partial charge is 0.381 e. The maximum atomic E-state index is 13.1. The van der Waals surface area contributed by atoms with Gasteiger partial charge in [-0.1, -0.05) is 18.2 Å². The van der Waals surface area contributed by atoms with E-state index in [1.165, 1.54) is 0 Å². The molecule has 3 rings (SSSR count). The summed E-state index contributed by atoms with van der Waals surface area (Å²) in [4.78, 5) is 22.8. The molecule has 0 bridgehead atoms. The summed E-state index contributed by atoms with van der Waals surface area (Å²) in [5.41, 5.74) is 0.356. The van der Waals surface area contributed by atoms with Crippen LogP contribution >= 0.6 is 0 Å². The van der Waals surface area contributed by atoms with E-state index in [1.54, 1.807) is 24.3 Å². The van der Waals surface area contributed by atoms with Gasteiger partial charge in [0, 0.05) is 18.7 Å². The minimum atomic E-state index is -4.64. The average Bonchev–Trinajstić information content (AvgIpc) is 2.91. The number of hydrogen-bond donors (Lipinski definition) is 2. The zero-order valence-electron chi connectivity index (χ0n) is 14.1. The van der Waals surface area contributed by atoms with Gasteiger partial charge in [0.05, 0.1) is 11.5 Å². The maximum Gasteiger partial charge on any atom is 0.416 e. The molecule has 2 aromatic carbocycles. The molecule has 1 atom stereocenters. The molecule has 1 heterocycles. The van der Waals surface area contributed by atoms with Crippen LogP contribution in [-0.4, -0.2) is 11.8 Å². The fourth-order valence-electron chi connectivity index (χ4n) is 2.98. The van der Waals surface area contributed by atoms with Gasteiger partial charge in [-0.25, -0.2) is 4.39 Å². The van der Waals surface area contributed by atoms with Gasteiger partial charge in [-0.3, -0.25) is 14.9 Å². The van der Waals surface area contributed by atoms with Gasteiger partial charge in [0.15, 0.2) is 0 Å². The molecule has 0 aromatic heterocycles. The predicted octanol–water partition coefficient (Wildman–Crippen LogP) is 3.66. The fourth-order valence-corrected chi connectivity index (χ4v) is 2.98. The number of carbonyl (C=O) groups is 2. The number of amides is 2. The van der Waals surface area contributed by atoms with Crippen molar-refractivity contribution in [3.05, 3.63) is 65.0 Å². The summed E-state index contributed by atoms with van der Waals surface area (Å²) in [7, 11) is 0. The first-order chi connectivity index (χ1) is 12.7. The Bertz CT molecular complexity index is 863. The number of imide groups is 1. The number of alkyl halides is 3. The minimum Gasteiger partial charge on any atom is -0.381 e. The van der Waals surface area contributed by atoms with Gasteiger partial charge in [-0.15, -0.1) is 0 Å². The van der Waals surface area contributed by atoms with Crippen LogP contribution in [0.4, 0.5) is 23.2 Å². The number of benzene rings is 2. The van der Waals surface area contributed by atoms with E-state index < -0.39 is 23.5 Å². The lowest BCUT2D eigenvalue weighted by atomic mass is 9.98. The molecular formula is C19H16F4N2O2. The molecule has 1 aliphatic rings. The Kier molecular flexibility index (Phi) is 5.16. The third-order valence-electron chi connectivity index (χ3n) is 4.36. The van der Waals surface area contributed by atoms with Crippen LogP contribution < -0.4 is 10.6 Å². The highest BCUT2D eigenvalue weighted by atomic mass is 19.4. The quantitative estimate of drug-likeness (QED) is 0.615.